The van der Waals surface area contributed by atoms with Gasteiger partial charge in [-0.05, 0) is 68.0 Å². The van der Waals surface area contributed by atoms with Crippen LogP contribution in [0.25, 0.3) is 0 Å². The van der Waals surface area contributed by atoms with E-state index in [1.54, 1.807) is 29.3 Å². The Morgan fingerprint density at radius 2 is 1.65 bits per heavy atom. The van der Waals surface area contributed by atoms with Gasteiger partial charge in [0.2, 0.25) is 17.7 Å². The van der Waals surface area contributed by atoms with E-state index in [9.17, 15) is 14.4 Å². The van der Waals surface area contributed by atoms with Crippen LogP contribution in [0.5, 0.6) is 0 Å². The van der Waals surface area contributed by atoms with Crippen molar-refractivity contribution in [1.82, 2.24) is 10.3 Å². The maximum Gasteiger partial charge on any atom is 0.248 e. The Morgan fingerprint density at radius 3 is 2.30 bits per heavy atom. The van der Waals surface area contributed by atoms with E-state index in [4.69, 9.17) is 0 Å². The third kappa shape index (κ3) is 8.01. The monoisotopic (exact) mass is 540 g/mol. The summed E-state index contributed by atoms with van der Waals surface area (Å²) in [5.41, 5.74) is 3.67. The lowest BCUT2D eigenvalue weighted by molar-refractivity contribution is -0.127. The molecule has 40 heavy (non-hydrogen) atoms. The van der Waals surface area contributed by atoms with Crippen LogP contribution >= 0.6 is 0 Å². The highest BCUT2D eigenvalue weighted by atomic mass is 16.2. The van der Waals surface area contributed by atoms with Crippen molar-refractivity contribution in [2.24, 2.45) is 0 Å². The van der Waals surface area contributed by atoms with Gasteiger partial charge in [-0.25, -0.2) is 4.98 Å². The van der Waals surface area contributed by atoms with Crippen molar-refractivity contribution in [3.63, 3.8) is 0 Å². The van der Waals surface area contributed by atoms with Crippen molar-refractivity contribution in [1.29, 1.82) is 0 Å². The summed E-state index contributed by atoms with van der Waals surface area (Å²) >= 11 is 0. The minimum Gasteiger partial charge on any atom is -0.351 e. The van der Waals surface area contributed by atoms with Gasteiger partial charge in [-0.1, -0.05) is 74.2 Å². The zero-order valence-corrected chi connectivity index (χ0v) is 23.6. The summed E-state index contributed by atoms with van der Waals surface area (Å²) in [7, 11) is 0. The van der Waals surface area contributed by atoms with Crippen molar-refractivity contribution in [2.75, 3.05) is 10.2 Å². The van der Waals surface area contributed by atoms with Crippen molar-refractivity contribution in [2.45, 2.75) is 83.7 Å². The summed E-state index contributed by atoms with van der Waals surface area (Å²) in [4.78, 5) is 46.1. The van der Waals surface area contributed by atoms with E-state index in [0.29, 0.717) is 17.9 Å². The molecule has 1 aliphatic carbocycles. The molecular formula is C33H40N4O3. The Bertz CT molecular complexity index is 1250. The van der Waals surface area contributed by atoms with E-state index in [1.807, 2.05) is 55.5 Å². The number of hydrogen-bond acceptors (Lipinski definition) is 4. The first-order chi connectivity index (χ1) is 19.4. The number of hydrogen-bond donors (Lipinski definition) is 2. The lowest BCUT2D eigenvalue weighted by Crippen LogP contribution is -2.47. The van der Waals surface area contributed by atoms with Crippen LogP contribution in [0, 0.1) is 6.92 Å². The second kappa shape index (κ2) is 14.4. The lowest BCUT2D eigenvalue weighted by atomic mass is 9.94. The Balaban J connectivity index is 1.58. The summed E-state index contributed by atoms with van der Waals surface area (Å²) in [5.74, 6) is -0.0819. The van der Waals surface area contributed by atoms with E-state index < -0.39 is 6.04 Å². The Morgan fingerprint density at radius 1 is 0.925 bits per heavy atom. The van der Waals surface area contributed by atoms with Gasteiger partial charge < -0.3 is 10.6 Å². The Labute approximate surface area is 237 Å². The molecule has 0 saturated heterocycles. The zero-order chi connectivity index (χ0) is 28.3. The van der Waals surface area contributed by atoms with E-state index in [2.05, 4.69) is 22.5 Å². The predicted molar refractivity (Wildman–Crippen MR) is 159 cm³/mol. The SMILES string of the molecule is CCc1ccc(N(C(=O)CCCC(=O)Nc2ccccn2)[C@@H](C(=O)NC2CCCCC2)c2ccc(C)cc2)cc1. The van der Waals surface area contributed by atoms with E-state index in [0.717, 1.165) is 48.8 Å². The van der Waals surface area contributed by atoms with Crippen LogP contribution in [0.2, 0.25) is 0 Å². The largest absolute Gasteiger partial charge is 0.351 e. The molecule has 0 bridgehead atoms. The molecule has 2 aromatic carbocycles. The highest BCUT2D eigenvalue weighted by molar-refractivity contribution is 6.01. The molecular weight excluding hydrogens is 500 g/mol. The van der Waals surface area contributed by atoms with Gasteiger partial charge in [0.1, 0.15) is 11.9 Å². The van der Waals surface area contributed by atoms with Crippen molar-refractivity contribution >= 4 is 29.2 Å². The van der Waals surface area contributed by atoms with Gasteiger partial charge in [0, 0.05) is 30.8 Å². The van der Waals surface area contributed by atoms with Gasteiger partial charge in [-0.15, -0.1) is 0 Å². The van der Waals surface area contributed by atoms with Gasteiger partial charge in [-0.2, -0.15) is 0 Å². The number of aromatic nitrogens is 1. The van der Waals surface area contributed by atoms with Crippen LogP contribution in [0.15, 0.2) is 72.9 Å². The Kier molecular flexibility index (Phi) is 10.4. The maximum atomic E-state index is 13.9. The minimum atomic E-state index is -0.815. The zero-order valence-electron chi connectivity index (χ0n) is 23.6. The standard InChI is InChI=1S/C33H40N4O3/c1-3-25-17-21-28(22-18-25)37(31(39)14-9-13-30(38)36-29-12-7-8-23-34-29)32(26-19-15-24(2)16-20-26)33(40)35-27-10-5-4-6-11-27/h7-8,12,15-23,27,32H,3-6,9-11,13-14H2,1-2H3,(H,35,40)(H,34,36,38)/t32-/m1/s1. The number of aryl methyl sites for hydroxylation is 2. The molecule has 1 saturated carbocycles. The van der Waals surface area contributed by atoms with Crippen LogP contribution in [-0.2, 0) is 20.8 Å². The molecule has 7 nitrogen and oxygen atoms in total. The second-order valence-corrected chi connectivity index (χ2v) is 10.6. The number of anilines is 2. The number of nitrogens with zero attached hydrogens (tertiary/aromatic N) is 2. The van der Waals surface area contributed by atoms with Crippen LogP contribution in [-0.4, -0.2) is 28.7 Å². The van der Waals surface area contributed by atoms with E-state index >= 15 is 0 Å². The molecule has 1 aliphatic rings. The third-order valence-corrected chi connectivity index (χ3v) is 7.47. The highest BCUT2D eigenvalue weighted by Crippen LogP contribution is 2.31. The van der Waals surface area contributed by atoms with Gasteiger partial charge >= 0.3 is 0 Å². The number of carbonyl (C=O) groups excluding carboxylic acids is 3. The highest BCUT2D eigenvalue weighted by Gasteiger charge is 2.34. The smallest absolute Gasteiger partial charge is 0.248 e. The average Bonchev–Trinajstić information content (AvgIpc) is 2.97. The summed E-state index contributed by atoms with van der Waals surface area (Å²) in [6, 6.07) is 20.3. The first-order valence-corrected chi connectivity index (χ1v) is 14.4. The molecule has 7 heteroatoms. The average molecular weight is 541 g/mol. The molecule has 1 fully saturated rings. The van der Waals surface area contributed by atoms with Crippen LogP contribution in [0.4, 0.5) is 11.5 Å². The summed E-state index contributed by atoms with van der Waals surface area (Å²) < 4.78 is 0. The van der Waals surface area contributed by atoms with Crippen molar-refractivity contribution in [3.8, 4) is 0 Å². The summed E-state index contributed by atoms with van der Waals surface area (Å²) in [5, 5.41) is 6.03. The second-order valence-electron chi connectivity index (χ2n) is 10.6. The van der Waals surface area contributed by atoms with Crippen molar-refractivity contribution in [3.05, 3.63) is 89.6 Å². The van der Waals surface area contributed by atoms with Crippen LogP contribution in [0.3, 0.4) is 0 Å². The number of amides is 3. The molecule has 4 rings (SSSR count). The predicted octanol–water partition coefficient (Wildman–Crippen LogP) is 6.28. The number of nitrogens with one attached hydrogen (secondary N) is 2. The fraction of sp³-hybridized carbons (Fsp3) is 0.394. The first-order valence-electron chi connectivity index (χ1n) is 14.4. The van der Waals surface area contributed by atoms with Gasteiger partial charge in [0.05, 0.1) is 0 Å². The first kappa shape index (κ1) is 29.0. The summed E-state index contributed by atoms with van der Waals surface area (Å²) in [6.45, 7) is 4.09. The molecule has 1 aromatic heterocycles. The molecule has 3 amide bonds. The number of rotatable bonds is 11. The maximum absolute atomic E-state index is 13.9. The normalized spacial score (nSPS) is 14.2. The topological polar surface area (TPSA) is 91.4 Å². The van der Waals surface area contributed by atoms with E-state index in [-0.39, 0.29) is 36.6 Å². The fourth-order valence-electron chi connectivity index (χ4n) is 5.19. The molecule has 0 spiro atoms. The van der Waals surface area contributed by atoms with Gasteiger partial charge in [-0.3, -0.25) is 19.3 Å². The fourth-order valence-corrected chi connectivity index (χ4v) is 5.19. The molecule has 2 N–H and O–H groups in total. The lowest BCUT2D eigenvalue weighted by Gasteiger charge is -2.33. The van der Waals surface area contributed by atoms with Gasteiger partial charge in [0.15, 0.2) is 0 Å². The van der Waals surface area contributed by atoms with Crippen LogP contribution in [0.1, 0.15) is 81.0 Å². The molecule has 1 heterocycles. The molecule has 0 aliphatic heterocycles. The summed E-state index contributed by atoms with van der Waals surface area (Å²) in [6.07, 6.45) is 8.45. The molecule has 210 valence electrons. The minimum absolute atomic E-state index is 0.115. The third-order valence-electron chi connectivity index (χ3n) is 7.47. The van der Waals surface area contributed by atoms with Crippen LogP contribution < -0.4 is 15.5 Å². The number of carbonyl (C=O) groups is 3. The molecule has 0 radical (unpaired) electrons. The quantitative estimate of drug-likeness (QED) is 0.299. The molecule has 3 aromatic rings. The Hall–Kier alpha value is -4.00. The number of pyridine rings is 1. The number of benzene rings is 2. The van der Waals surface area contributed by atoms with Gasteiger partial charge in [0.25, 0.3) is 0 Å². The molecule has 0 unspecified atom stereocenters. The van der Waals surface area contributed by atoms with Crippen molar-refractivity contribution < 1.29 is 14.4 Å². The van der Waals surface area contributed by atoms with E-state index in [1.165, 1.54) is 6.42 Å². The molecule has 1 atom stereocenters.